The van der Waals surface area contributed by atoms with Crippen LogP contribution in [0, 0.1) is 5.92 Å². The van der Waals surface area contributed by atoms with E-state index >= 15 is 0 Å². The van der Waals surface area contributed by atoms with E-state index in [0.29, 0.717) is 5.56 Å². The van der Waals surface area contributed by atoms with Gasteiger partial charge in [0, 0.05) is 11.5 Å². The van der Waals surface area contributed by atoms with Gasteiger partial charge in [-0.2, -0.15) is 0 Å². The predicted octanol–water partition coefficient (Wildman–Crippen LogP) is 4.91. The first kappa shape index (κ1) is 16.8. The third kappa shape index (κ3) is 3.74. The van der Waals surface area contributed by atoms with Gasteiger partial charge in [0.05, 0.1) is 5.92 Å². The molecule has 1 atom stereocenters. The first-order chi connectivity index (χ1) is 12.2. The number of carbonyl (C=O) groups is 2. The number of carbonyl (C=O) groups excluding carboxylic acids is 2. The average Bonchev–Trinajstić information content (AvgIpc) is 2.67. The highest BCUT2D eigenvalue weighted by atomic mass is 16.1. The van der Waals surface area contributed by atoms with Crippen molar-refractivity contribution in [2.24, 2.45) is 5.92 Å². The maximum atomic E-state index is 13.2. The number of benzene rings is 3. The summed E-state index contributed by atoms with van der Waals surface area (Å²) in [5.41, 5.74) is 2.51. The zero-order valence-corrected chi connectivity index (χ0v) is 14.1. The van der Waals surface area contributed by atoms with Gasteiger partial charge in [0.1, 0.15) is 5.78 Å². The molecule has 2 nitrogen and oxygen atoms in total. The first-order valence-corrected chi connectivity index (χ1v) is 8.38. The summed E-state index contributed by atoms with van der Waals surface area (Å²) >= 11 is 0. The van der Waals surface area contributed by atoms with E-state index in [1.807, 2.05) is 78.9 Å². The van der Waals surface area contributed by atoms with E-state index in [-0.39, 0.29) is 17.5 Å². The topological polar surface area (TPSA) is 34.1 Å². The fraction of sp³-hybridized carbons (Fsp3) is 0.130. The van der Waals surface area contributed by atoms with Crippen molar-refractivity contribution in [2.45, 2.75) is 12.8 Å². The monoisotopic (exact) mass is 328 g/mol. The van der Waals surface area contributed by atoms with Crippen LogP contribution in [0.25, 0.3) is 0 Å². The Labute approximate surface area is 148 Å². The first-order valence-electron chi connectivity index (χ1n) is 8.38. The second-order valence-corrected chi connectivity index (χ2v) is 6.12. The quantitative estimate of drug-likeness (QED) is 0.476. The third-order valence-electron chi connectivity index (χ3n) is 4.43. The molecule has 0 aliphatic heterocycles. The summed E-state index contributed by atoms with van der Waals surface area (Å²) in [7, 11) is 0. The molecule has 0 saturated heterocycles. The van der Waals surface area contributed by atoms with Crippen LogP contribution in [-0.4, -0.2) is 11.6 Å². The summed E-state index contributed by atoms with van der Waals surface area (Å²) in [5, 5.41) is 0. The number of hydrogen-bond acceptors (Lipinski definition) is 2. The van der Waals surface area contributed by atoms with E-state index < -0.39 is 5.92 Å². The minimum Gasteiger partial charge on any atom is -0.299 e. The smallest absolute Gasteiger partial charge is 0.174 e. The Morgan fingerprint density at radius 1 is 0.640 bits per heavy atom. The Balaban J connectivity index is 2.12. The predicted molar refractivity (Wildman–Crippen MR) is 99.7 cm³/mol. The lowest BCUT2D eigenvalue weighted by Crippen LogP contribution is -2.29. The average molecular weight is 328 g/mol. The maximum Gasteiger partial charge on any atom is 0.174 e. The van der Waals surface area contributed by atoms with E-state index in [9.17, 15) is 9.59 Å². The summed E-state index contributed by atoms with van der Waals surface area (Å²) < 4.78 is 0. The molecule has 0 spiro atoms. The summed E-state index contributed by atoms with van der Waals surface area (Å²) in [5.74, 6) is -1.29. The molecule has 0 amide bonds. The Morgan fingerprint density at radius 3 is 1.44 bits per heavy atom. The lowest BCUT2D eigenvalue weighted by Gasteiger charge is -2.25. The van der Waals surface area contributed by atoms with Crippen molar-refractivity contribution in [2.75, 3.05) is 0 Å². The minimum absolute atomic E-state index is 0.119. The zero-order valence-electron chi connectivity index (χ0n) is 14.1. The summed E-state index contributed by atoms with van der Waals surface area (Å²) in [4.78, 5) is 25.7. The van der Waals surface area contributed by atoms with Gasteiger partial charge < -0.3 is 0 Å². The molecule has 0 heterocycles. The molecule has 0 aromatic heterocycles. The molecule has 3 aromatic rings. The standard InChI is InChI=1S/C23H20O2/c1-17(24)21(23(25)20-15-9-4-10-16-20)22(18-11-5-2-6-12-18)19-13-7-3-8-14-19/h2-16,21-22H,1H3. The highest BCUT2D eigenvalue weighted by Gasteiger charge is 2.34. The highest BCUT2D eigenvalue weighted by Crippen LogP contribution is 2.34. The number of ketones is 2. The van der Waals surface area contributed by atoms with Gasteiger partial charge in [0.25, 0.3) is 0 Å². The molecule has 0 aliphatic rings. The van der Waals surface area contributed by atoms with Crippen molar-refractivity contribution in [3.63, 3.8) is 0 Å². The normalized spacial score (nSPS) is 11.9. The van der Waals surface area contributed by atoms with Gasteiger partial charge in [-0.1, -0.05) is 91.0 Å². The molecule has 0 radical (unpaired) electrons. The second-order valence-electron chi connectivity index (χ2n) is 6.12. The van der Waals surface area contributed by atoms with Gasteiger partial charge in [0.15, 0.2) is 5.78 Å². The van der Waals surface area contributed by atoms with Crippen molar-refractivity contribution < 1.29 is 9.59 Å². The summed E-state index contributed by atoms with van der Waals surface area (Å²) in [6.07, 6.45) is 0. The van der Waals surface area contributed by atoms with Gasteiger partial charge in [-0.05, 0) is 18.1 Å². The molecule has 124 valence electrons. The third-order valence-corrected chi connectivity index (χ3v) is 4.43. The van der Waals surface area contributed by atoms with Gasteiger partial charge in [-0.3, -0.25) is 9.59 Å². The van der Waals surface area contributed by atoms with Crippen LogP contribution < -0.4 is 0 Å². The van der Waals surface area contributed by atoms with Gasteiger partial charge in [-0.25, -0.2) is 0 Å². The molecule has 0 fully saturated rings. The molecule has 1 unspecified atom stereocenters. The second kappa shape index (κ2) is 7.71. The molecule has 3 rings (SSSR count). The van der Waals surface area contributed by atoms with Crippen LogP contribution in [0.3, 0.4) is 0 Å². The van der Waals surface area contributed by atoms with Crippen molar-refractivity contribution in [1.29, 1.82) is 0 Å². The van der Waals surface area contributed by atoms with Crippen LogP contribution in [-0.2, 0) is 4.79 Å². The van der Waals surface area contributed by atoms with E-state index in [1.165, 1.54) is 6.92 Å². The van der Waals surface area contributed by atoms with Gasteiger partial charge in [0.2, 0.25) is 0 Å². The Bertz CT molecular complexity index is 800. The Hall–Kier alpha value is -3.00. The minimum atomic E-state index is -0.743. The molecule has 0 aliphatic carbocycles. The van der Waals surface area contributed by atoms with Crippen LogP contribution in [0.5, 0.6) is 0 Å². The lowest BCUT2D eigenvalue weighted by molar-refractivity contribution is -0.119. The Kier molecular flexibility index (Phi) is 5.20. The van der Waals surface area contributed by atoms with E-state index in [1.54, 1.807) is 12.1 Å². The van der Waals surface area contributed by atoms with E-state index in [0.717, 1.165) is 11.1 Å². The van der Waals surface area contributed by atoms with Crippen LogP contribution >= 0.6 is 0 Å². The molecule has 0 N–H and O–H groups in total. The fourth-order valence-corrected chi connectivity index (χ4v) is 3.25. The van der Waals surface area contributed by atoms with E-state index in [2.05, 4.69) is 0 Å². The van der Waals surface area contributed by atoms with Crippen LogP contribution in [0.4, 0.5) is 0 Å². The van der Waals surface area contributed by atoms with Crippen molar-refractivity contribution in [3.05, 3.63) is 108 Å². The van der Waals surface area contributed by atoms with Crippen LogP contribution in [0.15, 0.2) is 91.0 Å². The maximum absolute atomic E-state index is 13.2. The van der Waals surface area contributed by atoms with E-state index in [4.69, 9.17) is 0 Å². The fourth-order valence-electron chi connectivity index (χ4n) is 3.25. The van der Waals surface area contributed by atoms with Gasteiger partial charge in [-0.15, -0.1) is 0 Å². The van der Waals surface area contributed by atoms with Crippen LogP contribution in [0.2, 0.25) is 0 Å². The van der Waals surface area contributed by atoms with Crippen molar-refractivity contribution in [3.8, 4) is 0 Å². The van der Waals surface area contributed by atoms with Crippen LogP contribution in [0.1, 0.15) is 34.3 Å². The molecule has 3 aromatic carbocycles. The summed E-state index contributed by atoms with van der Waals surface area (Å²) in [6, 6.07) is 28.6. The Morgan fingerprint density at radius 2 is 1.04 bits per heavy atom. The molecule has 0 saturated carbocycles. The number of rotatable bonds is 6. The lowest BCUT2D eigenvalue weighted by atomic mass is 9.75. The van der Waals surface area contributed by atoms with Crippen molar-refractivity contribution in [1.82, 2.24) is 0 Å². The van der Waals surface area contributed by atoms with Gasteiger partial charge >= 0.3 is 0 Å². The van der Waals surface area contributed by atoms with Crippen molar-refractivity contribution >= 4 is 11.6 Å². The largest absolute Gasteiger partial charge is 0.299 e. The molecular formula is C23H20O2. The number of Topliss-reactive ketones (excluding diaryl/α,β-unsaturated/α-hetero) is 2. The molecule has 2 heteroatoms. The molecular weight excluding hydrogens is 308 g/mol. The summed E-state index contributed by atoms with van der Waals surface area (Å²) in [6.45, 7) is 1.50. The SMILES string of the molecule is CC(=O)C(C(=O)c1ccccc1)C(c1ccccc1)c1ccccc1. The molecule has 25 heavy (non-hydrogen) atoms. The molecule has 0 bridgehead atoms. The number of hydrogen-bond donors (Lipinski definition) is 0. The highest BCUT2D eigenvalue weighted by molar-refractivity contribution is 6.11. The zero-order chi connectivity index (χ0) is 17.6.